The van der Waals surface area contributed by atoms with Crippen molar-refractivity contribution in [3.63, 3.8) is 0 Å². The lowest BCUT2D eigenvalue weighted by Crippen LogP contribution is -2.38. The van der Waals surface area contributed by atoms with Crippen molar-refractivity contribution in [3.05, 3.63) is 39.0 Å². The fourth-order valence-corrected chi connectivity index (χ4v) is 3.84. The van der Waals surface area contributed by atoms with Gasteiger partial charge in [0.15, 0.2) is 0 Å². The summed E-state index contributed by atoms with van der Waals surface area (Å²) in [5.41, 5.74) is -0.775. The van der Waals surface area contributed by atoms with E-state index in [1.807, 2.05) is 0 Å². The lowest BCUT2D eigenvalue weighted by atomic mass is 10.2. The predicted molar refractivity (Wildman–Crippen MR) is 84.1 cm³/mol. The number of fused-ring (bicyclic) bond motifs is 1. The predicted octanol–water partition coefficient (Wildman–Crippen LogP) is -1.17. The number of aromatic nitrogens is 2. The number of benzene rings is 1. The van der Waals surface area contributed by atoms with Crippen LogP contribution in [0.25, 0.3) is 10.9 Å². The molecule has 2 heterocycles. The first kappa shape index (κ1) is 16.4. The van der Waals surface area contributed by atoms with Crippen molar-refractivity contribution in [3.8, 4) is 0 Å². The van der Waals surface area contributed by atoms with Gasteiger partial charge in [0, 0.05) is 20.5 Å². The second-order valence-corrected chi connectivity index (χ2v) is 7.23. The summed E-state index contributed by atoms with van der Waals surface area (Å²) in [4.78, 5) is 35.4. The van der Waals surface area contributed by atoms with E-state index in [0.29, 0.717) is 5.52 Å². The van der Waals surface area contributed by atoms with Crippen LogP contribution in [0.4, 0.5) is 0 Å². The Hall–Kier alpha value is -2.46. The van der Waals surface area contributed by atoms with E-state index in [1.165, 1.54) is 36.9 Å². The van der Waals surface area contributed by atoms with Gasteiger partial charge < -0.3 is 4.74 Å². The zero-order valence-electron chi connectivity index (χ0n) is 13.0. The van der Waals surface area contributed by atoms with E-state index in [2.05, 4.69) is 4.72 Å². The van der Waals surface area contributed by atoms with Gasteiger partial charge in [0.05, 0.1) is 22.4 Å². The maximum atomic E-state index is 12.4. The molecular weight excluding hydrogens is 338 g/mol. The first-order valence-electron chi connectivity index (χ1n) is 7.11. The van der Waals surface area contributed by atoms with Crippen molar-refractivity contribution in [2.75, 3.05) is 6.61 Å². The number of hydrogen-bond donors (Lipinski definition) is 1. The number of hydrogen-bond acceptors (Lipinski definition) is 6. The molecule has 0 aliphatic carbocycles. The van der Waals surface area contributed by atoms with E-state index in [1.54, 1.807) is 0 Å². The maximum Gasteiger partial charge on any atom is 0.330 e. The number of cyclic esters (lactones) is 1. The summed E-state index contributed by atoms with van der Waals surface area (Å²) < 4.78 is 34.0. The third kappa shape index (κ3) is 2.53. The molecule has 1 fully saturated rings. The number of ether oxygens (including phenoxy) is 1. The standard InChI is InChI=1S/C14H15N3O6S/c1-16-11-4-3-8(7-9(11)12(18)17(2)14(16)20)24(21,22)15-10-5-6-23-13(10)19/h3-4,7,10,15H,5-6H2,1-2H3. The number of aryl methyl sites for hydroxylation is 1. The average Bonchev–Trinajstić information content (AvgIpc) is 2.94. The average molecular weight is 353 g/mol. The zero-order chi connectivity index (χ0) is 17.6. The van der Waals surface area contributed by atoms with Crippen LogP contribution in [0.2, 0.25) is 0 Å². The van der Waals surface area contributed by atoms with Gasteiger partial charge in [0.2, 0.25) is 10.0 Å². The molecular formula is C14H15N3O6S. The minimum atomic E-state index is -4.01. The van der Waals surface area contributed by atoms with Crippen LogP contribution >= 0.6 is 0 Å². The molecule has 1 aromatic carbocycles. The quantitative estimate of drug-likeness (QED) is 0.695. The Morgan fingerprint density at radius 3 is 2.50 bits per heavy atom. The Kier molecular flexibility index (Phi) is 3.80. The SMILES string of the molecule is Cn1c(=O)c2cc(S(=O)(=O)NC3CCOC3=O)ccc2n(C)c1=O. The minimum absolute atomic E-state index is 0.0940. The fraction of sp³-hybridized carbons (Fsp3) is 0.357. The Morgan fingerprint density at radius 1 is 1.17 bits per heavy atom. The van der Waals surface area contributed by atoms with Gasteiger partial charge >= 0.3 is 11.7 Å². The zero-order valence-corrected chi connectivity index (χ0v) is 13.8. The van der Waals surface area contributed by atoms with Crippen LogP contribution in [-0.2, 0) is 33.7 Å². The molecule has 1 atom stereocenters. The van der Waals surface area contributed by atoms with E-state index in [-0.39, 0.29) is 23.3 Å². The first-order chi connectivity index (χ1) is 11.2. The molecule has 0 amide bonds. The van der Waals surface area contributed by atoms with Gasteiger partial charge in [-0.2, -0.15) is 4.72 Å². The van der Waals surface area contributed by atoms with E-state index in [4.69, 9.17) is 4.74 Å². The molecule has 10 heteroatoms. The molecule has 0 radical (unpaired) electrons. The van der Waals surface area contributed by atoms with Gasteiger partial charge in [-0.1, -0.05) is 0 Å². The molecule has 1 aromatic heterocycles. The summed E-state index contributed by atoms with van der Waals surface area (Å²) in [7, 11) is -1.20. The molecule has 9 nitrogen and oxygen atoms in total. The highest BCUT2D eigenvalue weighted by Gasteiger charge is 2.31. The number of carbonyl (C=O) groups excluding carboxylic acids is 1. The largest absolute Gasteiger partial charge is 0.464 e. The number of nitrogens with zero attached hydrogens (tertiary/aromatic N) is 2. The Labute approximate surface area is 136 Å². The van der Waals surface area contributed by atoms with Crippen molar-refractivity contribution in [1.82, 2.24) is 13.9 Å². The summed E-state index contributed by atoms with van der Waals surface area (Å²) in [6.07, 6.45) is 0.252. The summed E-state index contributed by atoms with van der Waals surface area (Å²) in [6.45, 7) is 0.159. The van der Waals surface area contributed by atoms with Crippen molar-refractivity contribution in [2.24, 2.45) is 14.1 Å². The van der Waals surface area contributed by atoms with Crippen LogP contribution < -0.4 is 16.0 Å². The molecule has 0 saturated carbocycles. The number of carbonyl (C=O) groups is 1. The molecule has 24 heavy (non-hydrogen) atoms. The number of rotatable bonds is 3. The monoisotopic (exact) mass is 353 g/mol. The van der Waals surface area contributed by atoms with Crippen LogP contribution in [0.3, 0.4) is 0 Å². The molecule has 0 spiro atoms. The molecule has 3 rings (SSSR count). The van der Waals surface area contributed by atoms with Crippen LogP contribution in [0, 0.1) is 0 Å². The molecule has 0 bridgehead atoms. The van der Waals surface area contributed by atoms with Crippen LogP contribution in [0.15, 0.2) is 32.7 Å². The number of sulfonamides is 1. The fourth-order valence-electron chi connectivity index (χ4n) is 2.60. The highest BCUT2D eigenvalue weighted by Crippen LogP contribution is 2.17. The van der Waals surface area contributed by atoms with E-state index >= 15 is 0 Å². The van der Waals surface area contributed by atoms with E-state index < -0.39 is 33.3 Å². The second kappa shape index (κ2) is 5.56. The maximum absolute atomic E-state index is 12.4. The summed E-state index contributed by atoms with van der Waals surface area (Å²) in [5, 5.41) is 0.0940. The van der Waals surface area contributed by atoms with Crippen LogP contribution in [-0.4, -0.2) is 36.2 Å². The second-order valence-electron chi connectivity index (χ2n) is 5.51. The Balaban J connectivity index is 2.12. The summed E-state index contributed by atoms with van der Waals surface area (Å²) in [5.74, 6) is -0.627. The van der Waals surface area contributed by atoms with Gasteiger partial charge in [-0.25, -0.2) is 13.2 Å². The molecule has 1 aliphatic heterocycles. The van der Waals surface area contributed by atoms with Crippen molar-refractivity contribution in [1.29, 1.82) is 0 Å². The highest BCUT2D eigenvalue weighted by molar-refractivity contribution is 7.89. The van der Waals surface area contributed by atoms with Crippen molar-refractivity contribution >= 4 is 26.9 Å². The van der Waals surface area contributed by atoms with Gasteiger partial charge in [0.1, 0.15) is 6.04 Å². The summed E-state index contributed by atoms with van der Waals surface area (Å²) in [6, 6.07) is 2.93. The molecule has 1 saturated heterocycles. The van der Waals surface area contributed by atoms with Gasteiger partial charge in [-0.3, -0.25) is 18.7 Å². The Bertz CT molecular complexity index is 1070. The molecule has 1 N–H and O–H groups in total. The first-order valence-corrected chi connectivity index (χ1v) is 8.59. The van der Waals surface area contributed by atoms with Crippen LogP contribution in [0.1, 0.15) is 6.42 Å². The summed E-state index contributed by atoms with van der Waals surface area (Å²) >= 11 is 0. The third-order valence-corrected chi connectivity index (χ3v) is 5.45. The van der Waals surface area contributed by atoms with Crippen molar-refractivity contribution < 1.29 is 17.9 Å². The van der Waals surface area contributed by atoms with Gasteiger partial charge in [0.25, 0.3) is 5.56 Å². The number of esters is 1. The van der Waals surface area contributed by atoms with Gasteiger partial charge in [-0.15, -0.1) is 0 Å². The van der Waals surface area contributed by atoms with Crippen LogP contribution in [0.5, 0.6) is 0 Å². The van der Waals surface area contributed by atoms with Gasteiger partial charge in [-0.05, 0) is 18.2 Å². The molecule has 2 aromatic rings. The topological polar surface area (TPSA) is 116 Å². The lowest BCUT2D eigenvalue weighted by molar-refractivity contribution is -0.139. The van der Waals surface area contributed by atoms with E-state index in [0.717, 1.165) is 4.57 Å². The molecule has 1 unspecified atom stereocenters. The van der Waals surface area contributed by atoms with Crippen molar-refractivity contribution in [2.45, 2.75) is 17.4 Å². The highest BCUT2D eigenvalue weighted by atomic mass is 32.2. The lowest BCUT2D eigenvalue weighted by Gasteiger charge is -2.12. The number of nitrogens with one attached hydrogen (secondary N) is 1. The Morgan fingerprint density at radius 2 is 1.88 bits per heavy atom. The third-order valence-electron chi connectivity index (χ3n) is 3.98. The molecule has 1 aliphatic rings. The molecule has 128 valence electrons. The van der Waals surface area contributed by atoms with E-state index in [9.17, 15) is 22.8 Å². The minimum Gasteiger partial charge on any atom is -0.464 e. The smallest absolute Gasteiger partial charge is 0.330 e. The normalized spacial score (nSPS) is 18.1.